The van der Waals surface area contributed by atoms with E-state index >= 15 is 0 Å². The molecule has 116 valence electrons. The quantitative estimate of drug-likeness (QED) is 0.545. The second kappa shape index (κ2) is 6.62. The second-order valence-corrected chi connectivity index (χ2v) is 5.64. The number of carbonyl (C=O) groups excluding carboxylic acids is 1. The molecular weight excluding hydrogens is 360 g/mol. The van der Waals surface area contributed by atoms with Crippen LogP contribution in [0.25, 0.3) is 11.0 Å². The Morgan fingerprint density at radius 3 is 3.04 bits per heavy atom. The summed E-state index contributed by atoms with van der Waals surface area (Å²) in [5.41, 5.74) is 5.37. The summed E-state index contributed by atoms with van der Waals surface area (Å²) in [5.74, 6) is 0.372. The number of amides is 1. The van der Waals surface area contributed by atoms with E-state index in [-0.39, 0.29) is 5.91 Å². The molecule has 0 aliphatic rings. The van der Waals surface area contributed by atoms with Crippen LogP contribution in [0.2, 0.25) is 0 Å². The van der Waals surface area contributed by atoms with Crippen molar-refractivity contribution >= 4 is 39.1 Å². The number of ether oxygens (including phenoxy) is 1. The van der Waals surface area contributed by atoms with Crippen LogP contribution >= 0.6 is 15.9 Å². The summed E-state index contributed by atoms with van der Waals surface area (Å²) in [5, 5.41) is 3.98. The van der Waals surface area contributed by atoms with Crippen molar-refractivity contribution in [2.24, 2.45) is 5.10 Å². The van der Waals surface area contributed by atoms with Gasteiger partial charge in [0.1, 0.15) is 5.75 Å². The molecule has 0 radical (unpaired) electrons. The number of hydrogen-bond donors (Lipinski definition) is 2. The van der Waals surface area contributed by atoms with Gasteiger partial charge >= 0.3 is 0 Å². The maximum Gasteiger partial charge on any atom is 0.271 e. The molecule has 0 saturated heterocycles. The number of benzene rings is 2. The van der Waals surface area contributed by atoms with Gasteiger partial charge in [-0.3, -0.25) is 4.79 Å². The van der Waals surface area contributed by atoms with Gasteiger partial charge in [0.25, 0.3) is 5.91 Å². The largest absolute Gasteiger partial charge is 0.496 e. The molecule has 6 nitrogen and oxygen atoms in total. The smallest absolute Gasteiger partial charge is 0.271 e. The maximum atomic E-state index is 12.1. The monoisotopic (exact) mass is 372 g/mol. The Bertz CT molecular complexity index is 889. The number of nitrogens with zero attached hydrogens (tertiary/aromatic N) is 2. The van der Waals surface area contributed by atoms with Crippen molar-refractivity contribution in [2.75, 3.05) is 7.11 Å². The van der Waals surface area contributed by atoms with Crippen molar-refractivity contribution < 1.29 is 9.53 Å². The predicted octanol–water partition coefficient (Wildman–Crippen LogP) is 3.10. The molecule has 2 N–H and O–H groups in total. The topological polar surface area (TPSA) is 79.4 Å². The number of methoxy groups -OCH3 is 1. The molecule has 1 heterocycles. The van der Waals surface area contributed by atoms with E-state index in [4.69, 9.17) is 4.74 Å². The van der Waals surface area contributed by atoms with Gasteiger partial charge in [0.2, 0.25) is 0 Å². The van der Waals surface area contributed by atoms with Crippen LogP contribution in [0.15, 0.2) is 52.3 Å². The van der Waals surface area contributed by atoms with Gasteiger partial charge in [-0.15, -0.1) is 0 Å². The Labute approximate surface area is 140 Å². The van der Waals surface area contributed by atoms with Crippen molar-refractivity contribution in [3.8, 4) is 5.75 Å². The molecule has 0 bridgehead atoms. The summed E-state index contributed by atoms with van der Waals surface area (Å²) < 4.78 is 6.14. The zero-order valence-corrected chi connectivity index (χ0v) is 13.8. The van der Waals surface area contributed by atoms with Crippen molar-refractivity contribution in [1.82, 2.24) is 15.4 Å². The first-order valence-electron chi connectivity index (χ1n) is 6.77. The van der Waals surface area contributed by atoms with Gasteiger partial charge in [-0.05, 0) is 36.4 Å². The van der Waals surface area contributed by atoms with Crippen LogP contribution < -0.4 is 10.2 Å². The number of hydrazone groups is 1. The Morgan fingerprint density at radius 1 is 1.35 bits per heavy atom. The lowest BCUT2D eigenvalue weighted by Crippen LogP contribution is -2.17. The summed E-state index contributed by atoms with van der Waals surface area (Å²) in [7, 11) is 1.58. The summed E-state index contributed by atoms with van der Waals surface area (Å²) in [6.45, 7) is 0. The number of rotatable bonds is 4. The van der Waals surface area contributed by atoms with E-state index in [1.165, 1.54) is 6.21 Å². The van der Waals surface area contributed by atoms with E-state index in [1.54, 1.807) is 31.6 Å². The second-order valence-electron chi connectivity index (χ2n) is 4.72. The van der Waals surface area contributed by atoms with Crippen LogP contribution in [0.4, 0.5) is 0 Å². The minimum atomic E-state index is -0.299. The van der Waals surface area contributed by atoms with Crippen LogP contribution in [0.1, 0.15) is 15.9 Å². The highest BCUT2D eigenvalue weighted by Crippen LogP contribution is 2.21. The number of H-pyrrole nitrogens is 1. The summed E-state index contributed by atoms with van der Waals surface area (Å²) in [4.78, 5) is 19.2. The molecule has 1 aromatic heterocycles. The average Bonchev–Trinajstić information content (AvgIpc) is 3.02. The third-order valence-electron chi connectivity index (χ3n) is 3.24. The molecule has 0 atom stereocenters. The highest BCUT2D eigenvalue weighted by molar-refractivity contribution is 9.10. The summed E-state index contributed by atoms with van der Waals surface area (Å²) >= 11 is 3.39. The van der Waals surface area contributed by atoms with Crippen molar-refractivity contribution in [3.05, 3.63) is 58.3 Å². The van der Waals surface area contributed by atoms with E-state index in [9.17, 15) is 4.79 Å². The number of carbonyl (C=O) groups is 1. The van der Waals surface area contributed by atoms with Gasteiger partial charge in [-0.2, -0.15) is 5.10 Å². The van der Waals surface area contributed by atoms with Gasteiger partial charge in [0, 0.05) is 15.6 Å². The standard InChI is InChI=1S/C16H13BrN4O2/c1-23-15-5-3-12(17)6-11(15)8-20-21-16(22)10-2-4-13-14(7-10)19-9-18-13/h2-9H,1H3,(H,18,19)(H,21,22). The molecule has 0 saturated carbocycles. The molecule has 0 aliphatic heterocycles. The van der Waals surface area contributed by atoms with Crippen LogP contribution in [0.3, 0.4) is 0 Å². The Hall–Kier alpha value is -2.67. The molecule has 0 unspecified atom stereocenters. The SMILES string of the molecule is COc1ccc(Br)cc1C=NNC(=O)c1ccc2nc[nH]c2c1. The zero-order chi connectivity index (χ0) is 16.2. The molecule has 3 rings (SSSR count). The van der Waals surface area contributed by atoms with E-state index in [0.717, 1.165) is 21.1 Å². The molecule has 23 heavy (non-hydrogen) atoms. The summed E-state index contributed by atoms with van der Waals surface area (Å²) in [6.07, 6.45) is 3.13. The number of halogens is 1. The minimum absolute atomic E-state index is 0.299. The number of aromatic nitrogens is 2. The fourth-order valence-electron chi connectivity index (χ4n) is 2.11. The van der Waals surface area contributed by atoms with Crippen molar-refractivity contribution in [3.63, 3.8) is 0 Å². The Kier molecular flexibility index (Phi) is 4.38. The molecule has 0 fully saturated rings. The third kappa shape index (κ3) is 3.40. The van der Waals surface area contributed by atoms with Crippen molar-refractivity contribution in [2.45, 2.75) is 0 Å². The number of imidazole rings is 1. The highest BCUT2D eigenvalue weighted by Gasteiger charge is 2.06. The first kappa shape index (κ1) is 15.2. The van der Waals surface area contributed by atoms with Gasteiger partial charge in [0.05, 0.1) is 30.7 Å². The lowest BCUT2D eigenvalue weighted by atomic mass is 10.2. The Morgan fingerprint density at radius 2 is 2.22 bits per heavy atom. The normalized spacial score (nSPS) is 11.0. The number of fused-ring (bicyclic) bond motifs is 1. The molecule has 2 aromatic carbocycles. The van der Waals surface area contributed by atoms with E-state index in [0.29, 0.717) is 11.3 Å². The predicted molar refractivity (Wildman–Crippen MR) is 91.8 cm³/mol. The van der Waals surface area contributed by atoms with Crippen LogP contribution in [0.5, 0.6) is 5.75 Å². The number of nitrogens with one attached hydrogen (secondary N) is 2. The van der Waals surface area contributed by atoms with Gasteiger partial charge in [-0.25, -0.2) is 10.4 Å². The summed E-state index contributed by atoms with van der Waals surface area (Å²) in [6, 6.07) is 10.8. The van der Waals surface area contributed by atoms with Crippen LogP contribution in [-0.4, -0.2) is 29.2 Å². The molecule has 1 amide bonds. The van der Waals surface area contributed by atoms with E-state index in [1.807, 2.05) is 18.2 Å². The maximum absolute atomic E-state index is 12.1. The van der Waals surface area contributed by atoms with E-state index < -0.39 is 0 Å². The number of hydrogen-bond acceptors (Lipinski definition) is 4. The third-order valence-corrected chi connectivity index (χ3v) is 3.74. The molecule has 3 aromatic rings. The molecule has 7 heteroatoms. The van der Waals surface area contributed by atoms with Crippen molar-refractivity contribution in [1.29, 1.82) is 0 Å². The van der Waals surface area contributed by atoms with Gasteiger partial charge in [-0.1, -0.05) is 15.9 Å². The fraction of sp³-hybridized carbons (Fsp3) is 0.0625. The lowest BCUT2D eigenvalue weighted by Gasteiger charge is -2.04. The first-order chi connectivity index (χ1) is 11.2. The average molecular weight is 373 g/mol. The van der Waals surface area contributed by atoms with Gasteiger partial charge in [0.15, 0.2) is 0 Å². The molecule has 0 aliphatic carbocycles. The van der Waals surface area contributed by atoms with Crippen LogP contribution in [-0.2, 0) is 0 Å². The van der Waals surface area contributed by atoms with Crippen LogP contribution in [0, 0.1) is 0 Å². The lowest BCUT2D eigenvalue weighted by molar-refractivity contribution is 0.0955. The Balaban J connectivity index is 1.74. The first-order valence-corrected chi connectivity index (χ1v) is 7.57. The molecular formula is C16H13BrN4O2. The molecule has 0 spiro atoms. The minimum Gasteiger partial charge on any atom is -0.496 e. The fourth-order valence-corrected chi connectivity index (χ4v) is 2.49. The van der Waals surface area contributed by atoms with Gasteiger partial charge < -0.3 is 9.72 Å². The van der Waals surface area contributed by atoms with E-state index in [2.05, 4.69) is 36.4 Å². The number of aromatic amines is 1. The zero-order valence-electron chi connectivity index (χ0n) is 12.2. The highest BCUT2D eigenvalue weighted by atomic mass is 79.9.